The quantitative estimate of drug-likeness (QED) is 0.669. The molecule has 1 aliphatic heterocycles. The standard InChI is InChI=1S/C18H26N4O4S/c1-21-8-10-22(11-9-21)18(24)16-12-15(16)17(23)20-7-6-13-2-4-14(5-3-13)27(19,25)26/h2-5,15-16H,6-12H2,1H3,(H,20,23)(H2,19,25,26). The van der Waals surface area contributed by atoms with Crippen LogP contribution in [0.3, 0.4) is 0 Å². The zero-order valence-corrected chi connectivity index (χ0v) is 16.2. The number of nitrogens with one attached hydrogen (secondary N) is 1. The molecule has 1 saturated carbocycles. The molecule has 0 spiro atoms. The minimum Gasteiger partial charge on any atom is -0.356 e. The summed E-state index contributed by atoms with van der Waals surface area (Å²) in [6.07, 6.45) is 1.21. The van der Waals surface area contributed by atoms with E-state index in [1.54, 1.807) is 12.1 Å². The second kappa shape index (κ2) is 7.95. The molecule has 27 heavy (non-hydrogen) atoms. The summed E-state index contributed by atoms with van der Waals surface area (Å²) in [5, 5.41) is 7.94. The van der Waals surface area contributed by atoms with Crippen LogP contribution in [-0.4, -0.2) is 69.8 Å². The summed E-state index contributed by atoms with van der Waals surface area (Å²) < 4.78 is 22.5. The summed E-state index contributed by atoms with van der Waals surface area (Å²) >= 11 is 0. The number of primary sulfonamides is 1. The van der Waals surface area contributed by atoms with E-state index in [1.165, 1.54) is 12.1 Å². The second-order valence-electron chi connectivity index (χ2n) is 7.31. The smallest absolute Gasteiger partial charge is 0.238 e. The van der Waals surface area contributed by atoms with Crippen LogP contribution in [0.2, 0.25) is 0 Å². The van der Waals surface area contributed by atoms with Gasteiger partial charge in [0.2, 0.25) is 21.8 Å². The van der Waals surface area contributed by atoms with Gasteiger partial charge in [-0.2, -0.15) is 0 Å². The molecule has 1 saturated heterocycles. The first-order valence-corrected chi connectivity index (χ1v) is 10.7. The number of amides is 2. The number of nitrogens with zero attached hydrogens (tertiary/aromatic N) is 2. The Hall–Kier alpha value is -1.97. The van der Waals surface area contributed by atoms with Gasteiger partial charge in [0.25, 0.3) is 0 Å². The van der Waals surface area contributed by atoms with Gasteiger partial charge in [-0.3, -0.25) is 9.59 Å². The highest BCUT2D eigenvalue weighted by Crippen LogP contribution is 2.40. The zero-order valence-electron chi connectivity index (χ0n) is 15.4. The van der Waals surface area contributed by atoms with Crippen LogP contribution >= 0.6 is 0 Å². The Morgan fingerprint density at radius 3 is 2.33 bits per heavy atom. The number of likely N-dealkylation sites (N-methyl/N-ethyl adjacent to an activating group) is 1. The maximum Gasteiger partial charge on any atom is 0.238 e. The van der Waals surface area contributed by atoms with Crippen molar-refractivity contribution in [3.05, 3.63) is 29.8 Å². The molecule has 0 aromatic heterocycles. The minimum absolute atomic E-state index is 0.0681. The van der Waals surface area contributed by atoms with E-state index in [9.17, 15) is 18.0 Å². The first-order chi connectivity index (χ1) is 12.8. The van der Waals surface area contributed by atoms with Crippen molar-refractivity contribution in [1.82, 2.24) is 15.1 Å². The molecule has 2 unspecified atom stereocenters. The average Bonchev–Trinajstić information content (AvgIpc) is 3.42. The van der Waals surface area contributed by atoms with Crippen molar-refractivity contribution in [2.24, 2.45) is 17.0 Å². The van der Waals surface area contributed by atoms with Gasteiger partial charge in [-0.1, -0.05) is 12.1 Å². The van der Waals surface area contributed by atoms with Gasteiger partial charge in [0, 0.05) is 32.7 Å². The van der Waals surface area contributed by atoms with Gasteiger partial charge in [0.1, 0.15) is 0 Å². The lowest BCUT2D eigenvalue weighted by molar-refractivity contribution is -0.136. The predicted octanol–water partition coefficient (Wildman–Crippen LogP) is -0.597. The fourth-order valence-electron chi connectivity index (χ4n) is 3.33. The highest BCUT2D eigenvalue weighted by Gasteiger charge is 2.49. The molecule has 2 amide bonds. The van der Waals surface area contributed by atoms with E-state index in [0.29, 0.717) is 19.4 Å². The van der Waals surface area contributed by atoms with Gasteiger partial charge in [0.15, 0.2) is 0 Å². The summed E-state index contributed by atoms with van der Waals surface area (Å²) in [5.41, 5.74) is 0.906. The molecule has 2 aliphatic rings. The summed E-state index contributed by atoms with van der Waals surface area (Å²) in [6.45, 7) is 3.65. The van der Waals surface area contributed by atoms with Crippen LogP contribution in [0.4, 0.5) is 0 Å². The number of benzene rings is 1. The van der Waals surface area contributed by atoms with Crippen molar-refractivity contribution in [2.45, 2.75) is 17.7 Å². The van der Waals surface area contributed by atoms with Gasteiger partial charge in [-0.15, -0.1) is 0 Å². The molecule has 8 nitrogen and oxygen atoms in total. The second-order valence-corrected chi connectivity index (χ2v) is 8.87. The number of rotatable bonds is 6. The molecule has 1 aromatic carbocycles. The monoisotopic (exact) mass is 394 g/mol. The fourth-order valence-corrected chi connectivity index (χ4v) is 3.84. The van der Waals surface area contributed by atoms with Crippen LogP contribution in [-0.2, 0) is 26.0 Å². The molecule has 1 aliphatic carbocycles. The van der Waals surface area contributed by atoms with Crippen LogP contribution in [0.15, 0.2) is 29.2 Å². The van der Waals surface area contributed by atoms with Crippen LogP contribution < -0.4 is 10.5 Å². The Morgan fingerprint density at radius 1 is 1.11 bits per heavy atom. The maximum absolute atomic E-state index is 12.5. The molecule has 3 rings (SSSR count). The van der Waals surface area contributed by atoms with Crippen LogP contribution in [0, 0.1) is 11.8 Å². The molecule has 1 heterocycles. The number of carbonyl (C=O) groups is 2. The number of sulfonamides is 1. The predicted molar refractivity (Wildman–Crippen MR) is 100 cm³/mol. The molecule has 3 N–H and O–H groups in total. The number of carbonyl (C=O) groups excluding carboxylic acids is 2. The Labute approximate surface area is 159 Å². The van der Waals surface area contributed by atoms with Crippen molar-refractivity contribution in [3.8, 4) is 0 Å². The normalized spacial score (nSPS) is 23.1. The van der Waals surface area contributed by atoms with E-state index in [1.807, 2.05) is 11.9 Å². The Kier molecular flexibility index (Phi) is 5.83. The number of nitrogens with two attached hydrogens (primary N) is 1. The van der Waals surface area contributed by atoms with E-state index in [4.69, 9.17) is 5.14 Å². The Balaban J connectivity index is 1.41. The number of piperazine rings is 1. The van der Waals surface area contributed by atoms with E-state index >= 15 is 0 Å². The van der Waals surface area contributed by atoms with E-state index in [0.717, 1.165) is 31.7 Å². The number of hydrogen-bond donors (Lipinski definition) is 2. The van der Waals surface area contributed by atoms with Crippen LogP contribution in [0.25, 0.3) is 0 Å². The lowest BCUT2D eigenvalue weighted by atomic mass is 10.1. The third kappa shape index (κ3) is 5.06. The molecular formula is C18H26N4O4S. The summed E-state index contributed by atoms with van der Waals surface area (Å²) in [6, 6.07) is 6.28. The van der Waals surface area contributed by atoms with E-state index in [-0.39, 0.29) is 28.5 Å². The minimum atomic E-state index is -3.69. The molecule has 2 fully saturated rings. The van der Waals surface area contributed by atoms with E-state index in [2.05, 4.69) is 10.2 Å². The zero-order chi connectivity index (χ0) is 19.6. The number of hydrogen-bond acceptors (Lipinski definition) is 5. The van der Waals surface area contributed by atoms with Crippen molar-refractivity contribution < 1.29 is 18.0 Å². The summed E-state index contributed by atoms with van der Waals surface area (Å²) in [7, 11) is -1.65. The fraction of sp³-hybridized carbons (Fsp3) is 0.556. The summed E-state index contributed by atoms with van der Waals surface area (Å²) in [4.78, 5) is 28.8. The van der Waals surface area contributed by atoms with Crippen LogP contribution in [0.1, 0.15) is 12.0 Å². The van der Waals surface area contributed by atoms with Crippen LogP contribution in [0.5, 0.6) is 0 Å². The lowest BCUT2D eigenvalue weighted by Gasteiger charge is -2.32. The topological polar surface area (TPSA) is 113 Å². The molecule has 0 radical (unpaired) electrons. The van der Waals surface area contributed by atoms with E-state index < -0.39 is 10.0 Å². The molecule has 0 bridgehead atoms. The van der Waals surface area contributed by atoms with Crippen molar-refractivity contribution in [2.75, 3.05) is 39.8 Å². The SMILES string of the molecule is CN1CCN(C(=O)C2CC2C(=O)NCCc2ccc(S(N)(=O)=O)cc2)CC1. The third-order valence-electron chi connectivity index (χ3n) is 5.22. The van der Waals surface area contributed by atoms with Crippen molar-refractivity contribution >= 4 is 21.8 Å². The molecule has 148 valence electrons. The maximum atomic E-state index is 12.5. The van der Waals surface area contributed by atoms with Gasteiger partial charge in [-0.25, -0.2) is 13.6 Å². The Morgan fingerprint density at radius 2 is 1.74 bits per heavy atom. The van der Waals surface area contributed by atoms with Gasteiger partial charge in [0.05, 0.1) is 16.7 Å². The third-order valence-corrected chi connectivity index (χ3v) is 6.15. The van der Waals surface area contributed by atoms with Crippen molar-refractivity contribution in [1.29, 1.82) is 0 Å². The van der Waals surface area contributed by atoms with Crippen molar-refractivity contribution in [3.63, 3.8) is 0 Å². The lowest BCUT2D eigenvalue weighted by Crippen LogP contribution is -2.48. The first kappa shape index (κ1) is 19.8. The Bertz CT molecular complexity index is 801. The van der Waals surface area contributed by atoms with Gasteiger partial charge in [-0.05, 0) is 37.6 Å². The highest BCUT2D eigenvalue weighted by molar-refractivity contribution is 7.89. The molecular weight excluding hydrogens is 368 g/mol. The van der Waals surface area contributed by atoms with Gasteiger partial charge >= 0.3 is 0 Å². The molecule has 2 atom stereocenters. The van der Waals surface area contributed by atoms with Gasteiger partial charge < -0.3 is 15.1 Å². The largest absolute Gasteiger partial charge is 0.356 e. The molecule has 9 heteroatoms. The average molecular weight is 394 g/mol. The molecule has 1 aromatic rings. The first-order valence-electron chi connectivity index (χ1n) is 9.12. The summed E-state index contributed by atoms with van der Waals surface area (Å²) in [5.74, 6) is -0.380. The highest BCUT2D eigenvalue weighted by atomic mass is 32.2.